The van der Waals surface area contributed by atoms with Crippen molar-refractivity contribution in [1.82, 2.24) is 9.97 Å². The molecular formula is C14H16ClN3S. The van der Waals surface area contributed by atoms with Gasteiger partial charge in [-0.05, 0) is 61.4 Å². The second-order valence-corrected chi connectivity index (χ2v) is 6.02. The highest BCUT2D eigenvalue weighted by Crippen LogP contribution is 2.30. The summed E-state index contributed by atoms with van der Waals surface area (Å²) in [6.45, 7) is 3.95. The van der Waals surface area contributed by atoms with E-state index in [1.54, 1.807) is 0 Å². The number of hydrogen-bond acceptors (Lipinski definition) is 4. The third-order valence-electron chi connectivity index (χ3n) is 2.52. The minimum absolute atomic E-state index is 0.0942. The van der Waals surface area contributed by atoms with Gasteiger partial charge in [-0.1, -0.05) is 11.6 Å². The topological polar surface area (TPSA) is 51.8 Å². The van der Waals surface area contributed by atoms with Crippen molar-refractivity contribution in [3.05, 3.63) is 46.7 Å². The van der Waals surface area contributed by atoms with Gasteiger partial charge in [-0.3, -0.25) is 0 Å². The van der Waals surface area contributed by atoms with Crippen molar-refractivity contribution in [3.8, 4) is 0 Å². The van der Waals surface area contributed by atoms with Crippen LogP contribution in [0.5, 0.6) is 0 Å². The summed E-state index contributed by atoms with van der Waals surface area (Å²) in [5.41, 5.74) is 8.06. The molecule has 0 amide bonds. The van der Waals surface area contributed by atoms with Gasteiger partial charge < -0.3 is 5.73 Å². The van der Waals surface area contributed by atoms with Crippen LogP contribution in [0.15, 0.2) is 40.6 Å². The molecule has 0 aliphatic carbocycles. The van der Waals surface area contributed by atoms with Crippen LogP contribution in [0.25, 0.3) is 0 Å². The van der Waals surface area contributed by atoms with Crippen molar-refractivity contribution in [2.75, 3.05) is 0 Å². The van der Waals surface area contributed by atoms with E-state index in [1.807, 2.05) is 44.4 Å². The molecule has 0 bridgehead atoms. The average Bonchev–Trinajstić information content (AvgIpc) is 2.34. The molecule has 19 heavy (non-hydrogen) atoms. The van der Waals surface area contributed by atoms with Gasteiger partial charge in [-0.2, -0.15) is 0 Å². The standard InChI is InChI=1S/C14H16ClN3S/c1-9-7-17-14(18-8-9)19-13-4-3-12(15)6-11(13)5-10(2)16/h3-4,6-8,10H,5,16H2,1-2H3. The minimum Gasteiger partial charge on any atom is -0.328 e. The summed E-state index contributed by atoms with van der Waals surface area (Å²) in [6, 6.07) is 5.93. The highest BCUT2D eigenvalue weighted by molar-refractivity contribution is 7.99. The smallest absolute Gasteiger partial charge is 0.192 e. The van der Waals surface area contributed by atoms with Crippen LogP contribution < -0.4 is 5.73 Å². The molecule has 1 aromatic carbocycles. The molecule has 0 aliphatic rings. The lowest BCUT2D eigenvalue weighted by Gasteiger charge is -2.11. The number of nitrogens with zero attached hydrogens (tertiary/aromatic N) is 2. The fraction of sp³-hybridized carbons (Fsp3) is 0.286. The first kappa shape index (κ1) is 14.3. The molecule has 0 spiro atoms. The molecule has 0 saturated heterocycles. The first-order chi connectivity index (χ1) is 9.04. The summed E-state index contributed by atoms with van der Waals surface area (Å²) in [5.74, 6) is 0. The van der Waals surface area contributed by atoms with E-state index in [1.165, 1.54) is 11.8 Å². The van der Waals surface area contributed by atoms with Crippen LogP contribution in [0.4, 0.5) is 0 Å². The fourth-order valence-corrected chi connectivity index (χ4v) is 2.70. The molecular weight excluding hydrogens is 278 g/mol. The Morgan fingerprint density at radius 2 is 2.00 bits per heavy atom. The lowest BCUT2D eigenvalue weighted by molar-refractivity contribution is 0.729. The Hall–Kier alpha value is -1.10. The number of benzene rings is 1. The van der Waals surface area contributed by atoms with Gasteiger partial charge in [-0.15, -0.1) is 0 Å². The van der Waals surface area contributed by atoms with Crippen LogP contribution in [0.2, 0.25) is 5.02 Å². The molecule has 2 N–H and O–H groups in total. The summed E-state index contributed by atoms with van der Waals surface area (Å²) in [6.07, 6.45) is 4.42. The number of halogens is 1. The summed E-state index contributed by atoms with van der Waals surface area (Å²) in [4.78, 5) is 9.71. The van der Waals surface area contributed by atoms with E-state index in [0.717, 1.165) is 32.6 Å². The SMILES string of the molecule is Cc1cnc(Sc2ccc(Cl)cc2CC(C)N)nc1. The van der Waals surface area contributed by atoms with Crippen LogP contribution in [0.3, 0.4) is 0 Å². The largest absolute Gasteiger partial charge is 0.328 e. The van der Waals surface area contributed by atoms with Gasteiger partial charge in [0.25, 0.3) is 0 Å². The van der Waals surface area contributed by atoms with E-state index in [9.17, 15) is 0 Å². The number of nitrogens with two attached hydrogens (primary N) is 1. The van der Waals surface area contributed by atoms with Gasteiger partial charge in [0, 0.05) is 28.4 Å². The first-order valence-corrected chi connectivity index (χ1v) is 7.24. The van der Waals surface area contributed by atoms with Crippen LogP contribution in [-0.4, -0.2) is 16.0 Å². The van der Waals surface area contributed by atoms with E-state index in [-0.39, 0.29) is 6.04 Å². The Morgan fingerprint density at radius 3 is 2.63 bits per heavy atom. The van der Waals surface area contributed by atoms with Gasteiger partial charge in [0.15, 0.2) is 5.16 Å². The monoisotopic (exact) mass is 293 g/mol. The Morgan fingerprint density at radius 1 is 1.32 bits per heavy atom. The second-order valence-electron chi connectivity index (χ2n) is 4.58. The zero-order valence-corrected chi connectivity index (χ0v) is 12.5. The molecule has 0 radical (unpaired) electrons. The number of hydrogen-bond donors (Lipinski definition) is 1. The maximum absolute atomic E-state index is 6.04. The molecule has 0 aliphatic heterocycles. The predicted octanol–water partition coefficient (Wildman–Crippen LogP) is 3.48. The molecule has 100 valence electrons. The molecule has 2 rings (SSSR count). The van der Waals surface area contributed by atoms with Gasteiger partial charge in [-0.25, -0.2) is 9.97 Å². The van der Waals surface area contributed by atoms with E-state index in [2.05, 4.69) is 9.97 Å². The van der Waals surface area contributed by atoms with E-state index in [4.69, 9.17) is 17.3 Å². The lowest BCUT2D eigenvalue weighted by atomic mass is 10.1. The molecule has 1 atom stereocenters. The number of rotatable bonds is 4. The van der Waals surface area contributed by atoms with Gasteiger partial charge in [0.05, 0.1) is 0 Å². The summed E-state index contributed by atoms with van der Waals surface area (Å²) in [7, 11) is 0. The zero-order chi connectivity index (χ0) is 13.8. The maximum Gasteiger partial charge on any atom is 0.192 e. The van der Waals surface area contributed by atoms with Crippen molar-refractivity contribution >= 4 is 23.4 Å². The van der Waals surface area contributed by atoms with E-state index in [0.29, 0.717) is 0 Å². The quantitative estimate of drug-likeness (QED) is 0.877. The highest BCUT2D eigenvalue weighted by atomic mass is 35.5. The maximum atomic E-state index is 6.04. The van der Waals surface area contributed by atoms with Crippen molar-refractivity contribution in [1.29, 1.82) is 0 Å². The molecule has 3 nitrogen and oxygen atoms in total. The van der Waals surface area contributed by atoms with Crippen molar-refractivity contribution < 1.29 is 0 Å². The van der Waals surface area contributed by atoms with E-state index < -0.39 is 0 Å². The summed E-state index contributed by atoms with van der Waals surface area (Å²) >= 11 is 7.58. The fourth-order valence-electron chi connectivity index (χ4n) is 1.69. The minimum atomic E-state index is 0.0942. The predicted molar refractivity (Wildman–Crippen MR) is 79.7 cm³/mol. The van der Waals surface area contributed by atoms with Crippen LogP contribution in [0, 0.1) is 6.92 Å². The molecule has 0 saturated carbocycles. The zero-order valence-electron chi connectivity index (χ0n) is 10.9. The van der Waals surface area contributed by atoms with Gasteiger partial charge in [0.2, 0.25) is 0 Å². The van der Waals surface area contributed by atoms with Gasteiger partial charge >= 0.3 is 0 Å². The molecule has 1 unspecified atom stereocenters. The highest BCUT2D eigenvalue weighted by Gasteiger charge is 2.09. The Balaban J connectivity index is 2.26. The van der Waals surface area contributed by atoms with Crippen molar-refractivity contribution in [2.45, 2.75) is 36.4 Å². The lowest BCUT2D eigenvalue weighted by Crippen LogP contribution is -2.18. The number of aryl methyl sites for hydroxylation is 1. The van der Waals surface area contributed by atoms with Crippen molar-refractivity contribution in [3.63, 3.8) is 0 Å². The molecule has 5 heteroatoms. The van der Waals surface area contributed by atoms with Crippen LogP contribution >= 0.6 is 23.4 Å². The summed E-state index contributed by atoms with van der Waals surface area (Å²) < 4.78 is 0. The Kier molecular flexibility index (Phi) is 4.80. The van der Waals surface area contributed by atoms with Crippen LogP contribution in [0.1, 0.15) is 18.1 Å². The Bertz CT molecular complexity index is 555. The molecule has 0 fully saturated rings. The van der Waals surface area contributed by atoms with E-state index >= 15 is 0 Å². The molecule has 1 aromatic heterocycles. The second kappa shape index (κ2) is 6.37. The average molecular weight is 294 g/mol. The third-order valence-corrected chi connectivity index (χ3v) is 3.77. The van der Waals surface area contributed by atoms with Crippen molar-refractivity contribution in [2.24, 2.45) is 5.73 Å². The third kappa shape index (κ3) is 4.20. The first-order valence-electron chi connectivity index (χ1n) is 6.05. The summed E-state index contributed by atoms with van der Waals surface area (Å²) in [5, 5.41) is 1.46. The normalized spacial score (nSPS) is 12.4. The Labute approximate surface area is 122 Å². The number of aromatic nitrogens is 2. The molecule has 1 heterocycles. The van der Waals surface area contributed by atoms with Crippen LogP contribution in [-0.2, 0) is 6.42 Å². The molecule has 2 aromatic rings. The van der Waals surface area contributed by atoms with Gasteiger partial charge in [0.1, 0.15) is 0 Å².